The maximum absolute atomic E-state index is 13.1. The van der Waals surface area contributed by atoms with Crippen molar-refractivity contribution in [1.29, 1.82) is 0 Å². The summed E-state index contributed by atoms with van der Waals surface area (Å²) in [6, 6.07) is 0. The first-order chi connectivity index (χ1) is 49.7. The Morgan fingerprint density at radius 2 is 0.559 bits per heavy atom. The van der Waals surface area contributed by atoms with E-state index in [2.05, 4.69) is 174 Å². The second kappa shape index (κ2) is 73.5. The molecule has 102 heavy (non-hydrogen) atoms. The molecule has 0 saturated heterocycles. The van der Waals surface area contributed by atoms with Crippen LogP contribution in [0.3, 0.4) is 0 Å². The average molecular weight is 1460 g/mol. The van der Waals surface area contributed by atoms with Gasteiger partial charge in [0.05, 0.1) is 32.8 Å². The molecule has 0 fully saturated rings. The highest BCUT2D eigenvalue weighted by molar-refractivity contribution is 7.47. The summed E-state index contributed by atoms with van der Waals surface area (Å²) in [5.74, 6) is -2.45. The van der Waals surface area contributed by atoms with Crippen molar-refractivity contribution in [3.8, 4) is 0 Å². The van der Waals surface area contributed by atoms with E-state index >= 15 is 0 Å². The summed E-state index contributed by atoms with van der Waals surface area (Å²) in [7, 11) is -10.0. The van der Waals surface area contributed by atoms with Gasteiger partial charge in [-0.05, 0) is 154 Å². The van der Waals surface area contributed by atoms with E-state index in [-0.39, 0.29) is 25.7 Å². The van der Waals surface area contributed by atoms with Crippen LogP contribution in [0.4, 0.5) is 0 Å². The molecule has 0 aromatic rings. The normalized spacial score (nSPS) is 14.9. The zero-order chi connectivity index (χ0) is 74.6. The number of carbonyl (C=O) groups is 4. The summed E-state index contributed by atoms with van der Waals surface area (Å²) >= 11 is 0. The molecule has 5 atom stereocenters. The lowest BCUT2D eigenvalue weighted by Crippen LogP contribution is -2.30. The molecule has 0 heterocycles. The standard InChI is InChI=1S/C83H132O17P2/c1-5-9-13-17-21-25-29-33-36-38-41-45-48-52-56-60-64-68-81(86)94-74-79(100-83(88)70-66-62-58-54-50-46-42-39-37-34-30-26-22-18-14-10-6-2)76-98-102(91,92)96-72-77(84)71-95-101(89,90)97-75-78(99-82(87)69-65-61-57-53-49-43-32-28-24-20-16-12-8-4)73-93-80(85)67-63-59-55-51-47-44-40-35-31-27-23-19-15-11-7-3/h9-11,13-15,21-23,25-28,32-37,40-42,45-47,51-52,56,59,63,77-79,84H,5-8,12,16-20,24,29-31,38-39,43-44,48-50,53-55,57-58,60-62,64-76H2,1-4H3,(H,89,90)(H,91,92)/b13-9-,14-10-,15-11-,25-21-,26-22-,27-23-,32-28-,36-33-,37-34-,40-35-,45-41-,46-42-,51-47-,56-52-,63-59-. The van der Waals surface area contributed by atoms with Crippen molar-refractivity contribution in [2.45, 2.75) is 277 Å². The Morgan fingerprint density at radius 3 is 0.912 bits per heavy atom. The zero-order valence-corrected chi connectivity index (χ0v) is 64.5. The lowest BCUT2D eigenvalue weighted by Gasteiger charge is -2.21. The largest absolute Gasteiger partial charge is 0.472 e. The van der Waals surface area contributed by atoms with Crippen LogP contribution >= 0.6 is 15.6 Å². The van der Waals surface area contributed by atoms with Crippen molar-refractivity contribution in [2.75, 3.05) is 39.6 Å². The number of unbranched alkanes of at least 4 members (excludes halogenated alkanes) is 14. The van der Waals surface area contributed by atoms with E-state index in [0.29, 0.717) is 32.1 Å². The van der Waals surface area contributed by atoms with Crippen LogP contribution in [0.2, 0.25) is 0 Å². The van der Waals surface area contributed by atoms with E-state index in [4.69, 9.17) is 37.0 Å². The number of esters is 4. The molecule has 0 aromatic carbocycles. The van der Waals surface area contributed by atoms with Crippen LogP contribution in [0.15, 0.2) is 182 Å². The minimum Gasteiger partial charge on any atom is -0.462 e. The van der Waals surface area contributed by atoms with Crippen molar-refractivity contribution in [1.82, 2.24) is 0 Å². The molecule has 0 aromatic heterocycles. The molecule has 5 unspecified atom stereocenters. The topological polar surface area (TPSA) is 237 Å². The molecular weight excluding hydrogens is 1330 g/mol. The van der Waals surface area contributed by atoms with Gasteiger partial charge in [-0.2, -0.15) is 0 Å². The smallest absolute Gasteiger partial charge is 0.462 e. The van der Waals surface area contributed by atoms with Gasteiger partial charge in [0.1, 0.15) is 19.3 Å². The van der Waals surface area contributed by atoms with E-state index in [1.807, 2.05) is 30.4 Å². The van der Waals surface area contributed by atoms with Crippen molar-refractivity contribution >= 4 is 39.5 Å². The molecule has 0 aliphatic carbocycles. The fourth-order valence-electron chi connectivity index (χ4n) is 9.19. The number of rotatable bonds is 69. The van der Waals surface area contributed by atoms with Crippen LogP contribution in [0.5, 0.6) is 0 Å². The third-order valence-corrected chi connectivity index (χ3v) is 16.8. The fraction of sp³-hybridized carbons (Fsp3) is 0.590. The molecule has 0 aliphatic rings. The maximum atomic E-state index is 13.1. The Balaban J connectivity index is 5.52. The quantitative estimate of drug-likeness (QED) is 0.0169. The summed E-state index contributed by atoms with van der Waals surface area (Å²) in [5, 5.41) is 10.6. The van der Waals surface area contributed by atoms with Crippen LogP contribution in [-0.2, 0) is 65.4 Å². The Kier molecular flexibility index (Phi) is 69.3. The van der Waals surface area contributed by atoms with Gasteiger partial charge >= 0.3 is 39.5 Å². The molecule has 17 nitrogen and oxygen atoms in total. The number of allylic oxidation sites excluding steroid dienone is 29. The first-order valence-electron chi connectivity index (χ1n) is 38.0. The second-order valence-corrected chi connectivity index (χ2v) is 27.4. The Morgan fingerprint density at radius 1 is 0.294 bits per heavy atom. The number of phosphoric acid groups is 2. The SMILES string of the molecule is CC/C=C\C/C=C\C/C=C\C/C=C\C/C=C\CCCC(=O)OCC(COP(=O)(O)OCC(O)COP(=O)(O)OCC(COC(=O)C/C=C\C/C=C\C/C=C\C/C=C\C/C=C\CC)OC(=O)CCCCCCC/C=C\CCCCCC)OC(=O)CCCCCC/C=C\C/C=C\C/C=C\C/C=C\CC. The van der Waals surface area contributed by atoms with Gasteiger partial charge in [0.2, 0.25) is 0 Å². The van der Waals surface area contributed by atoms with Crippen LogP contribution < -0.4 is 0 Å². The van der Waals surface area contributed by atoms with Crippen molar-refractivity contribution in [3.63, 3.8) is 0 Å². The predicted molar refractivity (Wildman–Crippen MR) is 417 cm³/mol. The van der Waals surface area contributed by atoms with Crippen LogP contribution in [0, 0.1) is 0 Å². The molecule has 0 rings (SSSR count). The number of ether oxygens (including phenoxy) is 4. The number of carbonyl (C=O) groups excluding carboxylic acids is 4. The van der Waals surface area contributed by atoms with Gasteiger partial charge in [0, 0.05) is 19.3 Å². The Bertz CT molecular complexity index is 2650. The summed E-state index contributed by atoms with van der Waals surface area (Å²) in [4.78, 5) is 72.8. The lowest BCUT2D eigenvalue weighted by molar-refractivity contribution is -0.161. The first-order valence-corrected chi connectivity index (χ1v) is 41.0. The number of hydrogen-bond acceptors (Lipinski definition) is 15. The molecule has 0 radical (unpaired) electrons. The third kappa shape index (κ3) is 72.5. The monoisotopic (exact) mass is 1460 g/mol. The van der Waals surface area contributed by atoms with E-state index in [1.165, 1.54) is 25.7 Å². The molecule has 3 N–H and O–H groups in total. The van der Waals surface area contributed by atoms with E-state index in [0.717, 1.165) is 148 Å². The highest BCUT2D eigenvalue weighted by Crippen LogP contribution is 2.45. The summed E-state index contributed by atoms with van der Waals surface area (Å²) in [6.07, 6.45) is 87.8. The van der Waals surface area contributed by atoms with Gasteiger partial charge in [-0.15, -0.1) is 0 Å². The highest BCUT2D eigenvalue weighted by atomic mass is 31.2. The zero-order valence-electron chi connectivity index (χ0n) is 62.7. The molecular formula is C83H132O17P2. The molecule has 576 valence electrons. The van der Waals surface area contributed by atoms with E-state index in [9.17, 15) is 43.2 Å². The molecule has 19 heteroatoms. The Hall–Kier alpha value is -5.84. The van der Waals surface area contributed by atoms with Crippen LogP contribution in [0.1, 0.15) is 259 Å². The molecule has 0 aliphatic heterocycles. The predicted octanol–water partition coefficient (Wildman–Crippen LogP) is 22.0. The lowest BCUT2D eigenvalue weighted by atomic mass is 10.1. The van der Waals surface area contributed by atoms with Crippen molar-refractivity contribution < 1.29 is 80.2 Å². The van der Waals surface area contributed by atoms with Crippen molar-refractivity contribution in [2.24, 2.45) is 0 Å². The Labute approximate surface area is 615 Å². The fourth-order valence-corrected chi connectivity index (χ4v) is 10.8. The highest BCUT2D eigenvalue weighted by Gasteiger charge is 2.30. The van der Waals surface area contributed by atoms with E-state index in [1.54, 1.807) is 6.08 Å². The summed E-state index contributed by atoms with van der Waals surface area (Å²) in [5.41, 5.74) is 0. The maximum Gasteiger partial charge on any atom is 0.472 e. The van der Waals surface area contributed by atoms with Gasteiger partial charge in [-0.3, -0.25) is 37.3 Å². The van der Waals surface area contributed by atoms with Crippen molar-refractivity contribution in [3.05, 3.63) is 182 Å². The number of aliphatic hydroxyl groups is 1. The number of aliphatic hydroxyl groups excluding tert-OH is 1. The molecule has 0 spiro atoms. The summed E-state index contributed by atoms with van der Waals surface area (Å²) < 4.78 is 68.3. The third-order valence-electron chi connectivity index (χ3n) is 14.9. The second-order valence-electron chi connectivity index (χ2n) is 24.5. The van der Waals surface area contributed by atoms with Crippen LogP contribution in [0.25, 0.3) is 0 Å². The molecule has 0 amide bonds. The summed E-state index contributed by atoms with van der Waals surface area (Å²) in [6.45, 7) is 4.26. The van der Waals surface area contributed by atoms with Gasteiger partial charge in [-0.25, -0.2) is 9.13 Å². The van der Waals surface area contributed by atoms with Gasteiger partial charge in [0.15, 0.2) is 12.2 Å². The van der Waals surface area contributed by atoms with Gasteiger partial charge in [0.25, 0.3) is 0 Å². The van der Waals surface area contributed by atoms with Gasteiger partial charge < -0.3 is 33.8 Å². The minimum absolute atomic E-state index is 0.0450. The van der Waals surface area contributed by atoms with Crippen LogP contribution in [-0.4, -0.2) is 96.7 Å². The van der Waals surface area contributed by atoms with Gasteiger partial charge in [-0.1, -0.05) is 261 Å². The van der Waals surface area contributed by atoms with E-state index < -0.39 is 97.5 Å². The average Bonchev–Trinajstić information content (AvgIpc) is 0.959. The molecule has 0 bridgehead atoms. The molecule has 0 saturated carbocycles. The first kappa shape index (κ1) is 96.2. The minimum atomic E-state index is -5.01. The number of phosphoric ester groups is 2. The number of hydrogen-bond donors (Lipinski definition) is 3.